The first-order chi connectivity index (χ1) is 9.19. The molecule has 0 radical (unpaired) electrons. The van der Waals surface area contributed by atoms with Crippen LogP contribution in [0.5, 0.6) is 0 Å². The lowest BCUT2D eigenvalue weighted by molar-refractivity contribution is 0.0127. The van der Waals surface area contributed by atoms with Gasteiger partial charge in [-0.2, -0.15) is 0 Å². The number of benzene rings is 1. The van der Waals surface area contributed by atoms with Crippen LogP contribution in [0.1, 0.15) is 58.1 Å². The van der Waals surface area contributed by atoms with Gasteiger partial charge in [0.15, 0.2) is 0 Å². The van der Waals surface area contributed by atoms with E-state index < -0.39 is 0 Å². The summed E-state index contributed by atoms with van der Waals surface area (Å²) in [6.07, 6.45) is 4.99. The topological polar surface area (TPSA) is 35.2 Å². The normalized spacial score (nSPS) is 16.0. The molecule has 0 amide bonds. The van der Waals surface area contributed by atoms with Crippen molar-refractivity contribution in [2.24, 2.45) is 11.7 Å². The Hall–Kier alpha value is -0.860. The van der Waals surface area contributed by atoms with Crippen LogP contribution in [0.25, 0.3) is 0 Å². The molecule has 3 unspecified atom stereocenters. The quantitative estimate of drug-likeness (QED) is 0.720. The van der Waals surface area contributed by atoms with Gasteiger partial charge in [-0.3, -0.25) is 0 Å². The van der Waals surface area contributed by atoms with E-state index >= 15 is 0 Å². The van der Waals surface area contributed by atoms with Crippen molar-refractivity contribution in [1.29, 1.82) is 0 Å². The molecule has 0 fully saturated rings. The SMILES string of the molecule is CCCCC(CC)COC(c1ccccc1)C(C)N. The standard InChI is InChI=1S/C17H29NO/c1-4-6-10-15(5-2)13-19-17(14(3)18)16-11-8-7-9-12-16/h7-9,11-12,14-15,17H,4-6,10,13,18H2,1-3H3. The zero-order valence-electron chi connectivity index (χ0n) is 12.6. The Bertz CT molecular complexity index is 323. The molecule has 0 aromatic heterocycles. The highest BCUT2D eigenvalue weighted by Crippen LogP contribution is 2.23. The third-order valence-electron chi connectivity index (χ3n) is 3.66. The second kappa shape index (κ2) is 9.11. The molecule has 19 heavy (non-hydrogen) atoms. The van der Waals surface area contributed by atoms with Gasteiger partial charge in [0.25, 0.3) is 0 Å². The largest absolute Gasteiger partial charge is 0.372 e. The van der Waals surface area contributed by atoms with Crippen LogP contribution in [-0.2, 0) is 4.74 Å². The van der Waals surface area contributed by atoms with Crippen LogP contribution in [0.3, 0.4) is 0 Å². The Kier molecular flexibility index (Phi) is 7.76. The predicted molar refractivity (Wildman–Crippen MR) is 82.1 cm³/mol. The van der Waals surface area contributed by atoms with Crippen LogP contribution in [-0.4, -0.2) is 12.6 Å². The minimum atomic E-state index is 0.0110. The molecule has 0 aliphatic carbocycles. The molecule has 1 rings (SSSR count). The lowest BCUT2D eigenvalue weighted by Crippen LogP contribution is -2.28. The van der Waals surface area contributed by atoms with Gasteiger partial charge in [-0.05, 0) is 24.8 Å². The van der Waals surface area contributed by atoms with Gasteiger partial charge < -0.3 is 10.5 Å². The van der Waals surface area contributed by atoms with E-state index in [9.17, 15) is 0 Å². The number of rotatable bonds is 9. The molecular weight excluding hydrogens is 234 g/mol. The number of hydrogen-bond acceptors (Lipinski definition) is 2. The van der Waals surface area contributed by atoms with E-state index in [1.54, 1.807) is 0 Å². The molecule has 1 aromatic carbocycles. The van der Waals surface area contributed by atoms with Gasteiger partial charge >= 0.3 is 0 Å². The number of nitrogens with two attached hydrogens (primary N) is 1. The van der Waals surface area contributed by atoms with Crippen molar-refractivity contribution < 1.29 is 4.74 Å². The molecule has 0 spiro atoms. The Morgan fingerprint density at radius 2 is 1.84 bits per heavy atom. The third-order valence-corrected chi connectivity index (χ3v) is 3.66. The van der Waals surface area contributed by atoms with Crippen LogP contribution in [0.4, 0.5) is 0 Å². The molecule has 0 aliphatic rings. The summed E-state index contributed by atoms with van der Waals surface area (Å²) in [5, 5.41) is 0. The van der Waals surface area contributed by atoms with Gasteiger partial charge in [0.2, 0.25) is 0 Å². The zero-order chi connectivity index (χ0) is 14.1. The molecule has 1 aromatic rings. The van der Waals surface area contributed by atoms with Gasteiger partial charge in [0.1, 0.15) is 0 Å². The summed E-state index contributed by atoms with van der Waals surface area (Å²) in [6, 6.07) is 10.3. The molecule has 2 N–H and O–H groups in total. The summed E-state index contributed by atoms with van der Waals surface area (Å²) in [6.45, 7) is 7.32. The maximum absolute atomic E-state index is 6.11. The van der Waals surface area contributed by atoms with E-state index in [4.69, 9.17) is 10.5 Å². The molecular formula is C17H29NO. The van der Waals surface area contributed by atoms with Gasteiger partial charge in [-0.15, -0.1) is 0 Å². The second-order valence-electron chi connectivity index (χ2n) is 5.44. The summed E-state index contributed by atoms with van der Waals surface area (Å²) in [7, 11) is 0. The molecule has 0 saturated carbocycles. The Morgan fingerprint density at radius 3 is 2.37 bits per heavy atom. The molecule has 108 valence electrons. The Labute approximate surface area is 118 Å². The first kappa shape index (κ1) is 16.2. The smallest absolute Gasteiger partial charge is 0.0973 e. The molecule has 0 saturated heterocycles. The second-order valence-corrected chi connectivity index (χ2v) is 5.44. The summed E-state index contributed by atoms with van der Waals surface area (Å²) < 4.78 is 6.11. The average molecular weight is 263 g/mol. The van der Waals surface area contributed by atoms with Gasteiger partial charge in [-0.1, -0.05) is 63.4 Å². The number of unbranched alkanes of at least 4 members (excludes halogenated alkanes) is 1. The lowest BCUT2D eigenvalue weighted by atomic mass is 9.99. The van der Waals surface area contributed by atoms with Gasteiger partial charge in [0.05, 0.1) is 12.7 Å². The highest BCUT2D eigenvalue weighted by Gasteiger charge is 2.18. The minimum absolute atomic E-state index is 0.0110. The predicted octanol–water partition coefficient (Wildman–Crippen LogP) is 4.31. The third kappa shape index (κ3) is 5.75. The Balaban J connectivity index is 2.55. The van der Waals surface area contributed by atoms with E-state index in [2.05, 4.69) is 26.0 Å². The first-order valence-electron chi connectivity index (χ1n) is 7.61. The van der Waals surface area contributed by atoms with Crippen molar-refractivity contribution in [3.05, 3.63) is 35.9 Å². The van der Waals surface area contributed by atoms with Gasteiger partial charge in [0, 0.05) is 6.04 Å². The molecule has 2 heteroatoms. The number of ether oxygens (including phenoxy) is 1. The van der Waals surface area contributed by atoms with Crippen molar-refractivity contribution in [3.63, 3.8) is 0 Å². The summed E-state index contributed by atoms with van der Waals surface area (Å²) in [5.74, 6) is 0.657. The summed E-state index contributed by atoms with van der Waals surface area (Å²) in [5.41, 5.74) is 7.25. The molecule has 0 aliphatic heterocycles. The van der Waals surface area contributed by atoms with Crippen molar-refractivity contribution in [2.75, 3.05) is 6.61 Å². The molecule has 0 heterocycles. The molecule has 2 nitrogen and oxygen atoms in total. The van der Waals surface area contributed by atoms with Crippen LogP contribution in [0, 0.1) is 5.92 Å². The van der Waals surface area contributed by atoms with Crippen LogP contribution in [0.15, 0.2) is 30.3 Å². The highest BCUT2D eigenvalue weighted by atomic mass is 16.5. The van der Waals surface area contributed by atoms with Crippen molar-refractivity contribution >= 4 is 0 Å². The highest BCUT2D eigenvalue weighted by molar-refractivity contribution is 5.18. The van der Waals surface area contributed by atoms with Gasteiger partial charge in [-0.25, -0.2) is 0 Å². The van der Waals surface area contributed by atoms with Crippen LogP contribution >= 0.6 is 0 Å². The molecule has 0 bridgehead atoms. The monoisotopic (exact) mass is 263 g/mol. The van der Waals surface area contributed by atoms with E-state index in [0.29, 0.717) is 5.92 Å². The fraction of sp³-hybridized carbons (Fsp3) is 0.647. The van der Waals surface area contributed by atoms with E-state index in [-0.39, 0.29) is 12.1 Å². The molecule has 3 atom stereocenters. The van der Waals surface area contributed by atoms with Crippen LogP contribution < -0.4 is 5.73 Å². The fourth-order valence-corrected chi connectivity index (χ4v) is 2.33. The van der Waals surface area contributed by atoms with Crippen molar-refractivity contribution in [3.8, 4) is 0 Å². The first-order valence-corrected chi connectivity index (χ1v) is 7.61. The van der Waals surface area contributed by atoms with E-state index in [1.807, 2.05) is 25.1 Å². The maximum atomic E-state index is 6.11. The van der Waals surface area contributed by atoms with E-state index in [1.165, 1.54) is 31.2 Å². The van der Waals surface area contributed by atoms with E-state index in [0.717, 1.165) is 6.61 Å². The van der Waals surface area contributed by atoms with Crippen molar-refractivity contribution in [1.82, 2.24) is 0 Å². The fourth-order valence-electron chi connectivity index (χ4n) is 2.33. The van der Waals surface area contributed by atoms with Crippen LogP contribution in [0.2, 0.25) is 0 Å². The average Bonchev–Trinajstić information content (AvgIpc) is 2.43. The number of hydrogen-bond donors (Lipinski definition) is 1. The lowest BCUT2D eigenvalue weighted by Gasteiger charge is -2.25. The Morgan fingerprint density at radius 1 is 1.16 bits per heavy atom. The maximum Gasteiger partial charge on any atom is 0.0973 e. The minimum Gasteiger partial charge on any atom is -0.372 e. The zero-order valence-corrected chi connectivity index (χ0v) is 12.6. The summed E-state index contributed by atoms with van der Waals surface area (Å²) in [4.78, 5) is 0. The summed E-state index contributed by atoms with van der Waals surface area (Å²) >= 11 is 0. The van der Waals surface area contributed by atoms with Crippen molar-refractivity contribution in [2.45, 2.75) is 58.6 Å².